The van der Waals surface area contributed by atoms with Crippen molar-refractivity contribution in [1.82, 2.24) is 9.80 Å². The molecule has 2 amide bonds. The van der Waals surface area contributed by atoms with Crippen LogP contribution in [0.2, 0.25) is 0 Å². The molecule has 136 valence electrons. The van der Waals surface area contributed by atoms with Gasteiger partial charge in [0.05, 0.1) is 31.6 Å². The molecule has 0 radical (unpaired) electrons. The molecule has 0 aliphatic carbocycles. The number of anilines is 1. The lowest BCUT2D eigenvalue weighted by atomic mass is 10.0. The summed E-state index contributed by atoms with van der Waals surface area (Å²) >= 11 is 0. The molecule has 0 saturated carbocycles. The molecule has 2 saturated heterocycles. The Labute approximate surface area is 147 Å². The number of urea groups is 1. The summed E-state index contributed by atoms with van der Waals surface area (Å²) in [5.74, 6) is -0.458. The molecule has 2 heterocycles. The van der Waals surface area contributed by atoms with E-state index < -0.39 is 5.97 Å². The van der Waals surface area contributed by atoms with E-state index in [2.05, 4.69) is 10.2 Å². The van der Waals surface area contributed by atoms with Crippen LogP contribution in [0.4, 0.5) is 10.5 Å². The number of morpholine rings is 1. The third-order valence-corrected chi connectivity index (χ3v) is 4.82. The number of para-hydroxylation sites is 1. The number of esters is 1. The second-order valence-corrected chi connectivity index (χ2v) is 6.36. The van der Waals surface area contributed by atoms with Crippen molar-refractivity contribution in [3.8, 4) is 0 Å². The van der Waals surface area contributed by atoms with Crippen molar-refractivity contribution in [2.24, 2.45) is 0 Å². The highest BCUT2D eigenvalue weighted by Gasteiger charge is 2.29. The highest BCUT2D eigenvalue weighted by atomic mass is 16.5. The topological polar surface area (TPSA) is 71.1 Å². The van der Waals surface area contributed by atoms with Gasteiger partial charge in [0.2, 0.25) is 0 Å². The summed E-state index contributed by atoms with van der Waals surface area (Å²) in [6, 6.07) is 7.10. The molecule has 1 atom stereocenters. The number of benzene rings is 1. The zero-order chi connectivity index (χ0) is 17.6. The van der Waals surface area contributed by atoms with Gasteiger partial charge in [-0.25, -0.2) is 9.59 Å². The molecular weight excluding hydrogens is 322 g/mol. The van der Waals surface area contributed by atoms with E-state index in [0.717, 1.165) is 45.7 Å². The summed E-state index contributed by atoms with van der Waals surface area (Å²) in [6.07, 6.45) is 2.08. The van der Waals surface area contributed by atoms with Crippen molar-refractivity contribution >= 4 is 17.7 Å². The number of piperidine rings is 1. The van der Waals surface area contributed by atoms with Crippen LogP contribution in [-0.2, 0) is 9.47 Å². The molecule has 1 aromatic carbocycles. The van der Waals surface area contributed by atoms with Crippen LogP contribution < -0.4 is 5.32 Å². The van der Waals surface area contributed by atoms with Crippen molar-refractivity contribution in [2.75, 3.05) is 51.8 Å². The number of likely N-dealkylation sites (tertiary alicyclic amines) is 1. The first kappa shape index (κ1) is 17.7. The van der Waals surface area contributed by atoms with Crippen molar-refractivity contribution in [2.45, 2.75) is 18.9 Å². The van der Waals surface area contributed by atoms with Crippen molar-refractivity contribution in [3.63, 3.8) is 0 Å². The minimum absolute atomic E-state index is 0.172. The normalized spacial score (nSPS) is 21.6. The van der Waals surface area contributed by atoms with Crippen molar-refractivity contribution in [3.05, 3.63) is 29.8 Å². The summed E-state index contributed by atoms with van der Waals surface area (Å²) in [7, 11) is 1.33. The quantitative estimate of drug-likeness (QED) is 0.845. The van der Waals surface area contributed by atoms with Gasteiger partial charge < -0.3 is 19.7 Å². The van der Waals surface area contributed by atoms with Crippen molar-refractivity contribution in [1.29, 1.82) is 0 Å². The van der Waals surface area contributed by atoms with E-state index in [4.69, 9.17) is 9.47 Å². The molecule has 3 rings (SSSR count). The van der Waals surface area contributed by atoms with Gasteiger partial charge >= 0.3 is 12.0 Å². The van der Waals surface area contributed by atoms with Gasteiger partial charge in [0.15, 0.2) is 0 Å². The lowest BCUT2D eigenvalue weighted by Crippen LogP contribution is -2.53. The fraction of sp³-hybridized carbons (Fsp3) is 0.556. The van der Waals surface area contributed by atoms with Gasteiger partial charge in [-0.2, -0.15) is 0 Å². The number of hydrogen-bond donors (Lipinski definition) is 1. The van der Waals surface area contributed by atoms with Gasteiger partial charge in [-0.15, -0.1) is 0 Å². The first-order valence-electron chi connectivity index (χ1n) is 8.74. The SMILES string of the molecule is COC(=O)c1ccccc1NC(=O)N1CCC[C@@H](N2CCOCC2)C1. The third kappa shape index (κ3) is 4.29. The molecule has 0 unspecified atom stereocenters. The summed E-state index contributed by atoms with van der Waals surface area (Å²) in [6.45, 7) is 4.79. The Kier molecular flexibility index (Phi) is 5.88. The van der Waals surface area contributed by atoms with E-state index in [1.54, 1.807) is 24.3 Å². The van der Waals surface area contributed by atoms with Gasteiger partial charge in [0.25, 0.3) is 0 Å². The lowest BCUT2D eigenvalue weighted by Gasteiger charge is -2.40. The smallest absolute Gasteiger partial charge is 0.339 e. The van der Waals surface area contributed by atoms with Crippen LogP contribution in [0.1, 0.15) is 23.2 Å². The zero-order valence-corrected chi connectivity index (χ0v) is 14.6. The number of methoxy groups -OCH3 is 1. The molecule has 25 heavy (non-hydrogen) atoms. The Bertz CT molecular complexity index is 616. The van der Waals surface area contributed by atoms with E-state index in [0.29, 0.717) is 23.8 Å². The fourth-order valence-electron chi connectivity index (χ4n) is 3.45. The van der Waals surface area contributed by atoms with E-state index in [1.165, 1.54) is 7.11 Å². The first-order valence-corrected chi connectivity index (χ1v) is 8.74. The van der Waals surface area contributed by atoms with Gasteiger partial charge in [0.1, 0.15) is 0 Å². The van der Waals surface area contributed by atoms with Crippen LogP contribution in [-0.4, -0.2) is 74.3 Å². The highest BCUT2D eigenvalue weighted by molar-refractivity contribution is 6.00. The van der Waals surface area contributed by atoms with Gasteiger partial charge in [-0.1, -0.05) is 12.1 Å². The van der Waals surface area contributed by atoms with Gasteiger partial charge in [-0.05, 0) is 25.0 Å². The molecule has 2 aliphatic rings. The molecule has 2 fully saturated rings. The number of carbonyl (C=O) groups excluding carboxylic acids is 2. The highest BCUT2D eigenvalue weighted by Crippen LogP contribution is 2.20. The minimum Gasteiger partial charge on any atom is -0.465 e. The predicted molar refractivity (Wildman–Crippen MR) is 93.8 cm³/mol. The third-order valence-electron chi connectivity index (χ3n) is 4.82. The Morgan fingerprint density at radius 3 is 2.72 bits per heavy atom. The van der Waals surface area contributed by atoms with E-state index >= 15 is 0 Å². The fourth-order valence-corrected chi connectivity index (χ4v) is 3.45. The second kappa shape index (κ2) is 8.31. The van der Waals surface area contributed by atoms with Crippen LogP contribution in [0.25, 0.3) is 0 Å². The maximum absolute atomic E-state index is 12.7. The summed E-state index contributed by atoms with van der Waals surface area (Å²) < 4.78 is 10.2. The largest absolute Gasteiger partial charge is 0.465 e. The average Bonchev–Trinajstić information content (AvgIpc) is 2.68. The number of nitrogens with one attached hydrogen (secondary N) is 1. The summed E-state index contributed by atoms with van der Waals surface area (Å²) in [5, 5.41) is 2.86. The molecule has 1 N–H and O–H groups in total. The maximum atomic E-state index is 12.7. The van der Waals surface area contributed by atoms with Gasteiger partial charge in [0, 0.05) is 32.2 Å². The Morgan fingerprint density at radius 2 is 1.96 bits per heavy atom. The maximum Gasteiger partial charge on any atom is 0.339 e. The molecule has 7 heteroatoms. The number of ether oxygens (including phenoxy) is 2. The summed E-state index contributed by atoms with van der Waals surface area (Å²) in [5.41, 5.74) is 0.841. The molecule has 0 bridgehead atoms. The Balaban J connectivity index is 1.64. The molecule has 7 nitrogen and oxygen atoms in total. The lowest BCUT2D eigenvalue weighted by molar-refractivity contribution is 0.00248. The van der Waals surface area contributed by atoms with Crippen LogP contribution in [0.3, 0.4) is 0 Å². The number of amides is 2. The Morgan fingerprint density at radius 1 is 1.20 bits per heavy atom. The van der Waals surface area contributed by atoms with Crippen molar-refractivity contribution < 1.29 is 19.1 Å². The van der Waals surface area contributed by atoms with E-state index in [9.17, 15) is 9.59 Å². The number of rotatable bonds is 3. The molecule has 1 aromatic rings. The molecular formula is C18H25N3O4. The number of nitrogens with zero attached hydrogens (tertiary/aromatic N) is 2. The predicted octanol–water partition coefficient (Wildman–Crippen LogP) is 1.80. The zero-order valence-electron chi connectivity index (χ0n) is 14.6. The van der Waals surface area contributed by atoms with Crippen LogP contribution in [0.15, 0.2) is 24.3 Å². The van der Waals surface area contributed by atoms with Crippen LogP contribution >= 0.6 is 0 Å². The molecule has 0 spiro atoms. The van der Waals surface area contributed by atoms with Crippen LogP contribution in [0, 0.1) is 0 Å². The molecule has 0 aromatic heterocycles. The van der Waals surface area contributed by atoms with Gasteiger partial charge in [-0.3, -0.25) is 4.90 Å². The minimum atomic E-state index is -0.458. The first-order chi connectivity index (χ1) is 12.2. The van der Waals surface area contributed by atoms with E-state index in [1.807, 2.05) is 4.90 Å². The summed E-state index contributed by atoms with van der Waals surface area (Å²) in [4.78, 5) is 28.8. The average molecular weight is 347 g/mol. The molecule has 2 aliphatic heterocycles. The Hall–Kier alpha value is -2.12. The monoisotopic (exact) mass is 347 g/mol. The number of carbonyl (C=O) groups is 2. The van der Waals surface area contributed by atoms with E-state index in [-0.39, 0.29) is 6.03 Å². The second-order valence-electron chi connectivity index (χ2n) is 6.36. The van der Waals surface area contributed by atoms with Crippen LogP contribution in [0.5, 0.6) is 0 Å². The standard InChI is InChI=1S/C18H25N3O4/c1-24-17(22)15-6-2-3-7-16(15)19-18(23)21-8-4-5-14(13-21)20-9-11-25-12-10-20/h2-3,6-7,14H,4-5,8-13H2,1H3,(H,19,23)/t14-/m1/s1. The number of hydrogen-bond acceptors (Lipinski definition) is 5.